The van der Waals surface area contributed by atoms with E-state index in [-0.39, 0.29) is 23.1 Å². The number of nitrogens with zero attached hydrogens (tertiary/aromatic N) is 2. The smallest absolute Gasteiger partial charge is 0.343 e. The van der Waals surface area contributed by atoms with Crippen LogP contribution in [-0.4, -0.2) is 16.2 Å². The summed E-state index contributed by atoms with van der Waals surface area (Å²) in [5.74, 6) is -1.23. The molecule has 0 aliphatic heterocycles. The van der Waals surface area contributed by atoms with Crippen molar-refractivity contribution in [3.05, 3.63) is 70.3 Å². The van der Waals surface area contributed by atoms with Crippen molar-refractivity contribution in [3.8, 4) is 11.5 Å². The highest BCUT2D eigenvalue weighted by atomic mass is 35.5. The SMILES string of the molecule is Cc1cccc(-c2nnc(COC(=O)c3c(F)cccc3Cl)o2)c1. The van der Waals surface area contributed by atoms with E-state index in [2.05, 4.69) is 10.2 Å². The number of esters is 1. The number of carbonyl (C=O) groups is 1. The fourth-order valence-corrected chi connectivity index (χ4v) is 2.34. The molecule has 3 aromatic rings. The van der Waals surface area contributed by atoms with E-state index < -0.39 is 11.8 Å². The summed E-state index contributed by atoms with van der Waals surface area (Å²) in [4.78, 5) is 11.9. The Balaban J connectivity index is 1.71. The van der Waals surface area contributed by atoms with Crippen molar-refractivity contribution < 1.29 is 18.3 Å². The molecule has 7 heteroatoms. The topological polar surface area (TPSA) is 65.2 Å². The van der Waals surface area contributed by atoms with E-state index in [9.17, 15) is 9.18 Å². The number of benzene rings is 2. The van der Waals surface area contributed by atoms with Gasteiger partial charge in [0.2, 0.25) is 5.89 Å². The highest BCUT2D eigenvalue weighted by Crippen LogP contribution is 2.22. The predicted molar refractivity (Wildman–Crippen MR) is 85.0 cm³/mol. The van der Waals surface area contributed by atoms with Gasteiger partial charge in [-0.25, -0.2) is 9.18 Å². The Morgan fingerprint density at radius 2 is 2.04 bits per heavy atom. The Kier molecular flexibility index (Phi) is 4.57. The van der Waals surface area contributed by atoms with Crippen molar-refractivity contribution in [1.29, 1.82) is 0 Å². The van der Waals surface area contributed by atoms with Crippen LogP contribution in [0.2, 0.25) is 5.02 Å². The zero-order valence-corrected chi connectivity index (χ0v) is 13.4. The second-order valence-electron chi connectivity index (χ2n) is 5.04. The molecule has 1 aromatic heterocycles. The molecule has 122 valence electrons. The summed E-state index contributed by atoms with van der Waals surface area (Å²) in [5.41, 5.74) is 1.49. The van der Waals surface area contributed by atoms with Crippen LogP contribution >= 0.6 is 11.6 Å². The number of hydrogen-bond donors (Lipinski definition) is 0. The zero-order chi connectivity index (χ0) is 17.1. The lowest BCUT2D eigenvalue weighted by molar-refractivity contribution is 0.0433. The predicted octanol–water partition coefficient (Wildman–Crippen LogP) is 4.19. The molecule has 0 spiro atoms. The minimum absolute atomic E-state index is 0.0222. The summed E-state index contributed by atoms with van der Waals surface area (Å²) in [6.45, 7) is 1.67. The maximum Gasteiger partial charge on any atom is 0.343 e. The number of rotatable bonds is 4. The first kappa shape index (κ1) is 16.1. The van der Waals surface area contributed by atoms with Gasteiger partial charge in [-0.05, 0) is 31.2 Å². The van der Waals surface area contributed by atoms with Gasteiger partial charge in [-0.2, -0.15) is 0 Å². The fraction of sp³-hybridized carbons (Fsp3) is 0.118. The Morgan fingerprint density at radius 3 is 2.79 bits per heavy atom. The number of aromatic nitrogens is 2. The standard InChI is InChI=1S/C17H12ClFN2O3/c1-10-4-2-5-11(8-10)16-21-20-14(24-16)9-23-17(22)15-12(18)6-3-7-13(15)19/h2-8H,9H2,1H3. The van der Waals surface area contributed by atoms with Crippen molar-refractivity contribution in [2.45, 2.75) is 13.5 Å². The zero-order valence-electron chi connectivity index (χ0n) is 12.6. The first-order chi connectivity index (χ1) is 11.5. The van der Waals surface area contributed by atoms with Crippen molar-refractivity contribution in [1.82, 2.24) is 10.2 Å². The molecular formula is C17H12ClFN2O3. The molecule has 3 rings (SSSR count). The van der Waals surface area contributed by atoms with Gasteiger partial charge in [0.15, 0.2) is 6.61 Å². The van der Waals surface area contributed by atoms with E-state index in [4.69, 9.17) is 20.8 Å². The van der Waals surface area contributed by atoms with Crippen LogP contribution < -0.4 is 0 Å². The van der Waals surface area contributed by atoms with E-state index in [1.165, 1.54) is 12.1 Å². The quantitative estimate of drug-likeness (QED) is 0.662. The molecule has 0 amide bonds. The molecule has 0 unspecified atom stereocenters. The first-order valence-electron chi connectivity index (χ1n) is 7.05. The maximum atomic E-state index is 13.7. The van der Waals surface area contributed by atoms with Crippen LogP contribution in [0.1, 0.15) is 21.8 Å². The van der Waals surface area contributed by atoms with E-state index in [0.29, 0.717) is 5.89 Å². The van der Waals surface area contributed by atoms with Crippen molar-refractivity contribution in [3.63, 3.8) is 0 Å². The monoisotopic (exact) mass is 346 g/mol. The second kappa shape index (κ2) is 6.80. The third-order valence-electron chi connectivity index (χ3n) is 3.23. The Bertz CT molecular complexity index is 875. The van der Waals surface area contributed by atoms with E-state index in [0.717, 1.165) is 17.2 Å². The van der Waals surface area contributed by atoms with Crippen LogP contribution in [0.15, 0.2) is 46.9 Å². The van der Waals surface area contributed by atoms with E-state index in [1.54, 1.807) is 0 Å². The molecule has 0 N–H and O–H groups in total. The molecule has 24 heavy (non-hydrogen) atoms. The van der Waals surface area contributed by atoms with Crippen LogP contribution in [0.5, 0.6) is 0 Å². The Labute approximate surface area is 142 Å². The lowest BCUT2D eigenvalue weighted by Crippen LogP contribution is -2.08. The highest BCUT2D eigenvalue weighted by molar-refractivity contribution is 6.33. The number of halogens is 2. The average Bonchev–Trinajstić information content (AvgIpc) is 3.02. The lowest BCUT2D eigenvalue weighted by atomic mass is 10.1. The molecular weight excluding hydrogens is 335 g/mol. The second-order valence-corrected chi connectivity index (χ2v) is 5.45. The Hall–Kier alpha value is -2.73. The molecule has 2 aromatic carbocycles. The third-order valence-corrected chi connectivity index (χ3v) is 3.54. The van der Waals surface area contributed by atoms with E-state index in [1.807, 2.05) is 31.2 Å². The molecule has 0 atom stereocenters. The third kappa shape index (κ3) is 3.44. The average molecular weight is 347 g/mol. The van der Waals surface area contributed by atoms with Crippen molar-refractivity contribution >= 4 is 17.6 Å². The molecule has 0 aliphatic rings. The van der Waals surface area contributed by atoms with E-state index >= 15 is 0 Å². The highest BCUT2D eigenvalue weighted by Gasteiger charge is 2.18. The van der Waals surface area contributed by atoms with Gasteiger partial charge in [0.25, 0.3) is 5.89 Å². The fourth-order valence-electron chi connectivity index (χ4n) is 2.10. The molecule has 0 bridgehead atoms. The summed E-state index contributed by atoms with van der Waals surface area (Å²) in [6.07, 6.45) is 0. The number of carbonyl (C=O) groups excluding carboxylic acids is 1. The molecule has 5 nitrogen and oxygen atoms in total. The molecule has 1 heterocycles. The van der Waals surface area contributed by atoms with Gasteiger partial charge in [-0.15, -0.1) is 10.2 Å². The van der Waals surface area contributed by atoms with Crippen LogP contribution in [0.25, 0.3) is 11.5 Å². The summed E-state index contributed by atoms with van der Waals surface area (Å²) < 4.78 is 24.1. The molecule has 0 fully saturated rings. The Morgan fingerprint density at radius 1 is 1.25 bits per heavy atom. The summed E-state index contributed by atoms with van der Waals surface area (Å²) in [5, 5.41) is 7.70. The van der Waals surface area contributed by atoms with Gasteiger partial charge >= 0.3 is 5.97 Å². The minimum Gasteiger partial charge on any atom is -0.452 e. The van der Waals surface area contributed by atoms with Gasteiger partial charge in [-0.3, -0.25) is 0 Å². The lowest BCUT2D eigenvalue weighted by Gasteiger charge is -2.05. The summed E-state index contributed by atoms with van der Waals surface area (Å²) in [7, 11) is 0. The molecule has 0 saturated heterocycles. The van der Waals surface area contributed by atoms with Gasteiger partial charge in [0.05, 0.1) is 5.02 Å². The largest absolute Gasteiger partial charge is 0.452 e. The molecule has 0 aliphatic carbocycles. The van der Waals surface area contributed by atoms with Crippen LogP contribution in [-0.2, 0) is 11.3 Å². The normalized spacial score (nSPS) is 10.6. The van der Waals surface area contributed by atoms with Crippen molar-refractivity contribution in [2.24, 2.45) is 0 Å². The number of aryl methyl sites for hydroxylation is 1. The van der Waals surface area contributed by atoms with Gasteiger partial charge in [0, 0.05) is 5.56 Å². The van der Waals surface area contributed by atoms with Gasteiger partial charge in [0.1, 0.15) is 11.4 Å². The summed E-state index contributed by atoms with van der Waals surface area (Å²) in [6, 6.07) is 11.5. The van der Waals surface area contributed by atoms with Crippen LogP contribution in [0, 0.1) is 12.7 Å². The summed E-state index contributed by atoms with van der Waals surface area (Å²) >= 11 is 5.81. The first-order valence-corrected chi connectivity index (χ1v) is 7.43. The number of ether oxygens (including phenoxy) is 1. The molecule has 0 saturated carbocycles. The number of hydrogen-bond acceptors (Lipinski definition) is 5. The van der Waals surface area contributed by atoms with Crippen molar-refractivity contribution in [2.75, 3.05) is 0 Å². The van der Waals surface area contributed by atoms with Crippen LogP contribution in [0.4, 0.5) is 4.39 Å². The maximum absolute atomic E-state index is 13.7. The van der Waals surface area contributed by atoms with Gasteiger partial charge in [-0.1, -0.05) is 35.4 Å². The molecule has 0 radical (unpaired) electrons. The van der Waals surface area contributed by atoms with Crippen LogP contribution in [0.3, 0.4) is 0 Å². The minimum atomic E-state index is -0.895. The van der Waals surface area contributed by atoms with Gasteiger partial charge < -0.3 is 9.15 Å².